The second kappa shape index (κ2) is 10.4. The van der Waals surface area contributed by atoms with E-state index in [9.17, 15) is 4.79 Å². The Labute approximate surface area is 169 Å². The lowest BCUT2D eigenvalue weighted by Gasteiger charge is -2.37. The van der Waals surface area contributed by atoms with Gasteiger partial charge in [-0.15, -0.1) is 0 Å². The van der Waals surface area contributed by atoms with Crippen LogP contribution in [0.4, 0.5) is 5.69 Å². The highest BCUT2D eigenvalue weighted by Gasteiger charge is 2.22. The summed E-state index contributed by atoms with van der Waals surface area (Å²) in [6.07, 6.45) is 4.95. The van der Waals surface area contributed by atoms with Gasteiger partial charge >= 0.3 is 0 Å². The van der Waals surface area contributed by atoms with E-state index in [0.29, 0.717) is 6.04 Å². The molecule has 0 spiro atoms. The summed E-state index contributed by atoms with van der Waals surface area (Å²) in [5.41, 5.74) is 3.59. The third-order valence-corrected chi connectivity index (χ3v) is 5.59. The molecule has 1 aliphatic heterocycles. The molecule has 0 bridgehead atoms. The number of likely N-dealkylation sites (tertiary alicyclic amines) is 1. The maximum absolute atomic E-state index is 11.1. The van der Waals surface area contributed by atoms with Crippen molar-refractivity contribution in [1.82, 2.24) is 9.80 Å². The summed E-state index contributed by atoms with van der Waals surface area (Å²) in [5, 5.41) is 2.83. The molecular formula is C24H33N3O. The smallest absolute Gasteiger partial charge is 0.221 e. The van der Waals surface area contributed by atoms with E-state index in [4.69, 9.17) is 0 Å². The van der Waals surface area contributed by atoms with Gasteiger partial charge in [0.2, 0.25) is 5.91 Å². The van der Waals surface area contributed by atoms with E-state index in [1.54, 1.807) is 0 Å². The summed E-state index contributed by atoms with van der Waals surface area (Å²) < 4.78 is 0. The fourth-order valence-electron chi connectivity index (χ4n) is 4.06. The number of aryl methyl sites for hydroxylation is 1. The molecular weight excluding hydrogens is 346 g/mol. The van der Waals surface area contributed by atoms with Gasteiger partial charge in [0.25, 0.3) is 0 Å². The summed E-state index contributed by atoms with van der Waals surface area (Å²) in [6, 6.07) is 19.6. The van der Waals surface area contributed by atoms with Crippen LogP contribution < -0.4 is 5.32 Å². The number of rotatable bonds is 8. The zero-order valence-corrected chi connectivity index (χ0v) is 17.2. The van der Waals surface area contributed by atoms with E-state index in [-0.39, 0.29) is 5.91 Å². The molecule has 150 valence electrons. The Morgan fingerprint density at radius 1 is 1.11 bits per heavy atom. The molecule has 2 aromatic rings. The van der Waals surface area contributed by atoms with Crippen molar-refractivity contribution in [3.8, 4) is 0 Å². The second-order valence-corrected chi connectivity index (χ2v) is 7.98. The summed E-state index contributed by atoms with van der Waals surface area (Å²) in [4.78, 5) is 16.3. The van der Waals surface area contributed by atoms with Crippen LogP contribution in [0.1, 0.15) is 37.3 Å². The van der Waals surface area contributed by atoms with Crippen molar-refractivity contribution in [2.45, 2.75) is 45.2 Å². The van der Waals surface area contributed by atoms with Crippen molar-refractivity contribution in [3.05, 3.63) is 65.7 Å². The summed E-state index contributed by atoms with van der Waals surface area (Å²) in [6.45, 7) is 6.06. The van der Waals surface area contributed by atoms with Gasteiger partial charge in [-0.25, -0.2) is 0 Å². The van der Waals surface area contributed by atoms with Crippen LogP contribution in [-0.2, 0) is 17.8 Å². The Morgan fingerprint density at radius 3 is 2.57 bits per heavy atom. The second-order valence-electron chi connectivity index (χ2n) is 7.98. The number of piperidine rings is 1. The lowest BCUT2D eigenvalue weighted by molar-refractivity contribution is -0.114. The van der Waals surface area contributed by atoms with Gasteiger partial charge in [-0.1, -0.05) is 42.5 Å². The Hall–Kier alpha value is -2.17. The summed E-state index contributed by atoms with van der Waals surface area (Å²) in [7, 11) is 2.24. The first-order chi connectivity index (χ1) is 13.6. The monoisotopic (exact) mass is 379 g/mol. The van der Waals surface area contributed by atoms with Gasteiger partial charge in [0, 0.05) is 31.7 Å². The molecule has 1 N–H and O–H groups in total. The van der Waals surface area contributed by atoms with E-state index in [1.807, 2.05) is 12.1 Å². The van der Waals surface area contributed by atoms with Crippen LogP contribution in [0.3, 0.4) is 0 Å². The van der Waals surface area contributed by atoms with Crippen molar-refractivity contribution in [3.63, 3.8) is 0 Å². The van der Waals surface area contributed by atoms with Crippen LogP contribution in [0.25, 0.3) is 0 Å². The van der Waals surface area contributed by atoms with Crippen molar-refractivity contribution in [2.75, 3.05) is 32.0 Å². The molecule has 1 heterocycles. The van der Waals surface area contributed by atoms with Crippen LogP contribution in [0, 0.1) is 0 Å². The Bertz CT molecular complexity index is 729. The molecule has 3 rings (SSSR count). The first-order valence-corrected chi connectivity index (χ1v) is 10.4. The van der Waals surface area contributed by atoms with Gasteiger partial charge in [-0.3, -0.25) is 9.69 Å². The van der Waals surface area contributed by atoms with Crippen LogP contribution >= 0.6 is 0 Å². The molecule has 4 nitrogen and oxygen atoms in total. The number of amides is 1. The number of carbonyl (C=O) groups excluding carboxylic acids is 1. The fourth-order valence-corrected chi connectivity index (χ4v) is 4.06. The van der Waals surface area contributed by atoms with E-state index < -0.39 is 0 Å². The van der Waals surface area contributed by atoms with Gasteiger partial charge in [-0.2, -0.15) is 0 Å². The number of hydrogen-bond donors (Lipinski definition) is 1. The molecule has 4 heteroatoms. The van der Waals surface area contributed by atoms with Crippen molar-refractivity contribution in [1.29, 1.82) is 0 Å². The predicted octanol–water partition coefficient (Wildman–Crippen LogP) is 4.17. The van der Waals surface area contributed by atoms with Crippen molar-refractivity contribution >= 4 is 11.6 Å². The highest BCUT2D eigenvalue weighted by atomic mass is 16.1. The standard InChI is InChI=1S/C24H33N3O/c1-20(28)25-23-14-12-22(13-15-23)18-26(2)24-11-7-17-27(19-24)16-6-10-21-8-4-3-5-9-21/h3-5,8-9,12-15,24H,6-7,10-11,16-19H2,1-2H3,(H,25,28)/t24-/m0/s1. The molecule has 2 aromatic carbocycles. The largest absolute Gasteiger partial charge is 0.326 e. The summed E-state index contributed by atoms with van der Waals surface area (Å²) in [5.74, 6) is -0.0283. The summed E-state index contributed by atoms with van der Waals surface area (Å²) >= 11 is 0. The number of hydrogen-bond acceptors (Lipinski definition) is 3. The minimum Gasteiger partial charge on any atom is -0.326 e. The SMILES string of the molecule is CC(=O)Nc1ccc(CN(C)[C@H]2CCCN(CCCc3ccccc3)C2)cc1. The predicted molar refractivity (Wildman–Crippen MR) is 116 cm³/mol. The number of nitrogens with zero attached hydrogens (tertiary/aromatic N) is 2. The molecule has 0 unspecified atom stereocenters. The lowest BCUT2D eigenvalue weighted by Crippen LogP contribution is -2.46. The van der Waals surface area contributed by atoms with Crippen LogP contribution in [0.5, 0.6) is 0 Å². The molecule has 28 heavy (non-hydrogen) atoms. The highest BCUT2D eigenvalue weighted by molar-refractivity contribution is 5.88. The first kappa shape index (κ1) is 20.6. The number of carbonyl (C=O) groups is 1. The molecule has 1 fully saturated rings. The topological polar surface area (TPSA) is 35.6 Å². The van der Waals surface area contributed by atoms with Gasteiger partial charge in [0.15, 0.2) is 0 Å². The molecule has 0 saturated carbocycles. The van der Waals surface area contributed by atoms with Gasteiger partial charge < -0.3 is 10.2 Å². The molecule has 0 radical (unpaired) electrons. The maximum atomic E-state index is 11.1. The minimum atomic E-state index is -0.0283. The van der Waals surface area contributed by atoms with E-state index in [1.165, 1.54) is 56.8 Å². The number of anilines is 1. The third kappa shape index (κ3) is 6.47. The van der Waals surface area contributed by atoms with Gasteiger partial charge in [-0.05, 0) is 69.1 Å². The van der Waals surface area contributed by atoms with E-state index in [2.05, 4.69) is 64.6 Å². The molecule has 1 amide bonds. The number of likely N-dealkylation sites (N-methyl/N-ethyl adjacent to an activating group) is 1. The number of benzene rings is 2. The Balaban J connectivity index is 1.44. The lowest BCUT2D eigenvalue weighted by atomic mass is 10.0. The normalized spacial score (nSPS) is 17.6. The Kier molecular flexibility index (Phi) is 7.63. The molecule has 1 aliphatic rings. The van der Waals surface area contributed by atoms with Crippen molar-refractivity contribution in [2.24, 2.45) is 0 Å². The molecule has 1 atom stereocenters. The first-order valence-electron chi connectivity index (χ1n) is 10.4. The van der Waals surface area contributed by atoms with Crippen LogP contribution in [0.2, 0.25) is 0 Å². The average Bonchev–Trinajstić information content (AvgIpc) is 2.70. The van der Waals surface area contributed by atoms with Gasteiger partial charge in [0.05, 0.1) is 0 Å². The van der Waals surface area contributed by atoms with Crippen LogP contribution in [-0.4, -0.2) is 48.4 Å². The fraction of sp³-hybridized carbons (Fsp3) is 0.458. The van der Waals surface area contributed by atoms with Crippen LogP contribution in [0.15, 0.2) is 54.6 Å². The minimum absolute atomic E-state index is 0.0283. The van der Waals surface area contributed by atoms with Crippen molar-refractivity contribution < 1.29 is 4.79 Å². The quantitative estimate of drug-likeness (QED) is 0.748. The van der Waals surface area contributed by atoms with E-state index in [0.717, 1.165) is 18.8 Å². The maximum Gasteiger partial charge on any atom is 0.221 e. The zero-order valence-electron chi connectivity index (χ0n) is 17.2. The number of nitrogens with one attached hydrogen (secondary N) is 1. The molecule has 1 saturated heterocycles. The Morgan fingerprint density at radius 2 is 1.86 bits per heavy atom. The van der Waals surface area contributed by atoms with Gasteiger partial charge in [0.1, 0.15) is 0 Å². The molecule has 0 aromatic heterocycles. The average molecular weight is 380 g/mol. The zero-order chi connectivity index (χ0) is 19.8. The highest BCUT2D eigenvalue weighted by Crippen LogP contribution is 2.18. The van der Waals surface area contributed by atoms with E-state index >= 15 is 0 Å². The molecule has 0 aliphatic carbocycles. The third-order valence-electron chi connectivity index (χ3n) is 5.59.